The van der Waals surface area contributed by atoms with Crippen molar-refractivity contribution in [3.8, 4) is 5.69 Å². The van der Waals surface area contributed by atoms with Crippen LogP contribution in [0.4, 0.5) is 10.2 Å². The SMILES string of the molecule is Cc1cc(C(=O)N2CCC(N(C)c3cccnn3)CC2)c(C)n1-c1ccccc1F. The van der Waals surface area contributed by atoms with Crippen LogP contribution in [0.15, 0.2) is 48.7 Å². The van der Waals surface area contributed by atoms with Crippen LogP contribution < -0.4 is 4.90 Å². The molecule has 1 aliphatic heterocycles. The highest BCUT2D eigenvalue weighted by molar-refractivity contribution is 5.96. The monoisotopic (exact) mass is 407 g/mol. The zero-order chi connectivity index (χ0) is 21.3. The van der Waals surface area contributed by atoms with Crippen LogP contribution in [0.25, 0.3) is 5.69 Å². The summed E-state index contributed by atoms with van der Waals surface area (Å²) in [6.45, 7) is 5.13. The Bertz CT molecular complexity index is 1040. The number of rotatable bonds is 4. The summed E-state index contributed by atoms with van der Waals surface area (Å²) in [4.78, 5) is 17.3. The van der Waals surface area contributed by atoms with E-state index in [1.54, 1.807) is 24.4 Å². The van der Waals surface area contributed by atoms with Crippen molar-refractivity contribution in [1.82, 2.24) is 19.7 Å². The summed E-state index contributed by atoms with van der Waals surface area (Å²) in [5.74, 6) is 0.549. The average molecular weight is 407 g/mol. The standard InChI is InChI=1S/C23H26FN5O/c1-16-15-19(17(2)29(16)21-8-5-4-7-20(21)24)23(30)28-13-10-18(11-14-28)27(3)22-9-6-12-25-26-22/h4-9,12,15,18H,10-11,13-14H2,1-3H3. The molecule has 0 bridgehead atoms. The van der Waals surface area contributed by atoms with Gasteiger partial charge in [0, 0.05) is 43.8 Å². The van der Waals surface area contributed by atoms with Crippen molar-refractivity contribution in [2.24, 2.45) is 0 Å². The van der Waals surface area contributed by atoms with Crippen LogP contribution in [0.2, 0.25) is 0 Å². The van der Waals surface area contributed by atoms with Crippen molar-refractivity contribution < 1.29 is 9.18 Å². The Morgan fingerprint density at radius 3 is 2.53 bits per heavy atom. The van der Waals surface area contributed by atoms with Crippen LogP contribution in [-0.2, 0) is 0 Å². The number of carbonyl (C=O) groups excluding carboxylic acids is 1. The third kappa shape index (κ3) is 3.67. The molecular weight excluding hydrogens is 381 g/mol. The first-order valence-corrected chi connectivity index (χ1v) is 10.2. The molecule has 4 rings (SSSR count). The lowest BCUT2D eigenvalue weighted by Crippen LogP contribution is -2.46. The number of anilines is 1. The Kier molecular flexibility index (Phi) is 5.53. The molecule has 1 fully saturated rings. The molecule has 1 aliphatic rings. The van der Waals surface area contributed by atoms with Gasteiger partial charge in [-0.15, -0.1) is 5.10 Å². The van der Waals surface area contributed by atoms with Gasteiger partial charge < -0.3 is 14.4 Å². The fraction of sp³-hybridized carbons (Fsp3) is 0.348. The van der Waals surface area contributed by atoms with E-state index in [1.165, 1.54) is 6.07 Å². The number of likely N-dealkylation sites (tertiary alicyclic amines) is 1. The number of para-hydroxylation sites is 1. The van der Waals surface area contributed by atoms with Gasteiger partial charge in [-0.2, -0.15) is 5.10 Å². The first-order valence-electron chi connectivity index (χ1n) is 10.2. The van der Waals surface area contributed by atoms with Crippen LogP contribution in [0, 0.1) is 19.7 Å². The molecule has 1 amide bonds. The number of hydrogen-bond donors (Lipinski definition) is 0. The number of amides is 1. The van der Waals surface area contributed by atoms with Gasteiger partial charge >= 0.3 is 0 Å². The van der Waals surface area contributed by atoms with Gasteiger partial charge in [-0.05, 0) is 57.0 Å². The van der Waals surface area contributed by atoms with Gasteiger partial charge in [0.05, 0.1) is 11.3 Å². The fourth-order valence-electron chi connectivity index (χ4n) is 4.28. The van der Waals surface area contributed by atoms with Gasteiger partial charge in [-0.25, -0.2) is 4.39 Å². The number of aryl methyl sites for hydroxylation is 1. The van der Waals surface area contributed by atoms with Crippen molar-refractivity contribution in [2.45, 2.75) is 32.7 Å². The number of aromatic nitrogens is 3. The van der Waals surface area contributed by atoms with Gasteiger partial charge in [0.25, 0.3) is 5.91 Å². The van der Waals surface area contributed by atoms with E-state index >= 15 is 0 Å². The maximum Gasteiger partial charge on any atom is 0.255 e. The number of nitrogens with zero attached hydrogens (tertiary/aromatic N) is 5. The number of piperidine rings is 1. The maximum absolute atomic E-state index is 14.3. The van der Waals surface area contributed by atoms with Crippen LogP contribution in [0.1, 0.15) is 34.6 Å². The Morgan fingerprint density at radius 2 is 1.87 bits per heavy atom. The molecule has 30 heavy (non-hydrogen) atoms. The third-order valence-electron chi connectivity index (χ3n) is 5.97. The van der Waals surface area contributed by atoms with Crippen LogP contribution in [-0.4, -0.2) is 51.8 Å². The summed E-state index contributed by atoms with van der Waals surface area (Å²) < 4.78 is 16.1. The second-order valence-corrected chi connectivity index (χ2v) is 7.79. The Balaban J connectivity index is 1.49. The molecule has 0 atom stereocenters. The minimum absolute atomic E-state index is 0.00583. The zero-order valence-corrected chi connectivity index (χ0v) is 17.5. The average Bonchev–Trinajstić information content (AvgIpc) is 3.07. The van der Waals surface area contributed by atoms with E-state index in [1.807, 2.05) is 48.6 Å². The molecular formula is C23H26FN5O. The highest BCUT2D eigenvalue weighted by Gasteiger charge is 2.28. The van der Waals surface area contributed by atoms with Gasteiger partial charge in [-0.3, -0.25) is 4.79 Å². The molecule has 0 aliphatic carbocycles. The van der Waals surface area contributed by atoms with Gasteiger partial charge in [0.2, 0.25) is 0 Å². The van der Waals surface area contributed by atoms with Crippen molar-refractivity contribution >= 4 is 11.7 Å². The predicted molar refractivity (Wildman–Crippen MR) is 115 cm³/mol. The van der Waals surface area contributed by atoms with E-state index in [2.05, 4.69) is 15.1 Å². The molecule has 2 aromatic heterocycles. The van der Waals surface area contributed by atoms with Gasteiger partial charge in [0.1, 0.15) is 5.82 Å². The Labute approximate surface area is 175 Å². The minimum atomic E-state index is -0.300. The number of hydrogen-bond acceptors (Lipinski definition) is 4. The third-order valence-corrected chi connectivity index (χ3v) is 5.97. The smallest absolute Gasteiger partial charge is 0.255 e. The summed E-state index contributed by atoms with van der Waals surface area (Å²) in [6, 6.07) is 12.6. The lowest BCUT2D eigenvalue weighted by atomic mass is 10.0. The van der Waals surface area contributed by atoms with Gasteiger partial charge in [-0.1, -0.05) is 12.1 Å². The molecule has 0 saturated carbocycles. The molecule has 1 aromatic carbocycles. The number of benzene rings is 1. The number of carbonyl (C=O) groups is 1. The normalized spacial score (nSPS) is 14.7. The highest BCUT2D eigenvalue weighted by Crippen LogP contribution is 2.26. The zero-order valence-electron chi connectivity index (χ0n) is 17.5. The fourth-order valence-corrected chi connectivity index (χ4v) is 4.28. The second-order valence-electron chi connectivity index (χ2n) is 7.79. The minimum Gasteiger partial charge on any atom is -0.355 e. The molecule has 156 valence electrons. The van der Waals surface area contributed by atoms with Crippen molar-refractivity contribution in [3.05, 3.63) is 71.4 Å². The molecule has 0 unspecified atom stereocenters. The van der Waals surface area contributed by atoms with Gasteiger partial charge in [0.15, 0.2) is 5.82 Å². The molecule has 0 radical (unpaired) electrons. The lowest BCUT2D eigenvalue weighted by Gasteiger charge is -2.37. The van der Waals surface area contributed by atoms with Crippen molar-refractivity contribution in [3.63, 3.8) is 0 Å². The number of halogens is 1. The molecule has 1 saturated heterocycles. The molecule has 0 N–H and O–H groups in total. The van der Waals surface area contributed by atoms with Crippen LogP contribution in [0.3, 0.4) is 0 Å². The summed E-state index contributed by atoms with van der Waals surface area (Å²) >= 11 is 0. The summed E-state index contributed by atoms with van der Waals surface area (Å²) in [5.41, 5.74) is 2.71. The molecule has 7 heteroatoms. The maximum atomic E-state index is 14.3. The van der Waals surface area contributed by atoms with E-state index < -0.39 is 0 Å². The summed E-state index contributed by atoms with van der Waals surface area (Å²) in [6.07, 6.45) is 3.39. The molecule has 0 spiro atoms. The quantitative estimate of drug-likeness (QED) is 0.661. The first-order chi connectivity index (χ1) is 14.5. The summed E-state index contributed by atoms with van der Waals surface area (Å²) in [7, 11) is 2.02. The van der Waals surface area contributed by atoms with E-state index in [0.29, 0.717) is 30.4 Å². The molecule has 3 aromatic rings. The molecule has 3 heterocycles. The first kappa shape index (κ1) is 20.1. The van der Waals surface area contributed by atoms with Crippen molar-refractivity contribution in [2.75, 3.05) is 25.0 Å². The Hall–Kier alpha value is -3.22. The second kappa shape index (κ2) is 8.26. The van der Waals surface area contributed by atoms with Crippen LogP contribution >= 0.6 is 0 Å². The predicted octanol–water partition coefficient (Wildman–Crippen LogP) is 3.76. The van der Waals surface area contributed by atoms with Crippen molar-refractivity contribution in [1.29, 1.82) is 0 Å². The lowest BCUT2D eigenvalue weighted by molar-refractivity contribution is 0.0712. The van der Waals surface area contributed by atoms with E-state index in [9.17, 15) is 9.18 Å². The van der Waals surface area contributed by atoms with E-state index in [0.717, 1.165) is 30.0 Å². The van der Waals surface area contributed by atoms with E-state index in [4.69, 9.17) is 0 Å². The molecule has 6 nitrogen and oxygen atoms in total. The largest absolute Gasteiger partial charge is 0.355 e. The van der Waals surface area contributed by atoms with Crippen LogP contribution in [0.5, 0.6) is 0 Å². The van der Waals surface area contributed by atoms with E-state index in [-0.39, 0.29) is 11.7 Å². The highest BCUT2D eigenvalue weighted by atomic mass is 19.1. The summed E-state index contributed by atoms with van der Waals surface area (Å²) in [5, 5.41) is 8.13. The topological polar surface area (TPSA) is 54.3 Å². The Morgan fingerprint density at radius 1 is 1.13 bits per heavy atom.